The molecule has 0 radical (unpaired) electrons. The molecular formula is C10H23NS. The molecule has 12 heavy (non-hydrogen) atoms. The predicted octanol–water partition coefficient (Wildman–Crippen LogP) is 3.04. The van der Waals surface area contributed by atoms with Crippen molar-refractivity contribution in [1.82, 2.24) is 0 Å². The van der Waals surface area contributed by atoms with E-state index in [1.165, 1.54) is 31.4 Å². The van der Waals surface area contributed by atoms with Gasteiger partial charge < -0.3 is 5.73 Å². The Labute approximate surface area is 81.5 Å². The Morgan fingerprint density at radius 3 is 2.50 bits per heavy atom. The van der Waals surface area contributed by atoms with Crippen LogP contribution in [0, 0.1) is 0 Å². The first kappa shape index (κ1) is 12.3. The summed E-state index contributed by atoms with van der Waals surface area (Å²) in [7, 11) is 0. The van der Waals surface area contributed by atoms with Crippen LogP contribution in [0.1, 0.15) is 46.0 Å². The molecule has 1 atom stereocenters. The average Bonchev–Trinajstić information content (AvgIpc) is 2.10. The third-order valence-corrected chi connectivity index (χ3v) is 3.24. The Bertz CT molecular complexity index is 85.9. The number of hydrogen-bond acceptors (Lipinski definition) is 2. The summed E-state index contributed by atoms with van der Waals surface area (Å²) in [4.78, 5) is 0. The van der Waals surface area contributed by atoms with E-state index in [4.69, 9.17) is 5.73 Å². The zero-order valence-electron chi connectivity index (χ0n) is 8.51. The van der Waals surface area contributed by atoms with E-state index in [1.54, 1.807) is 0 Å². The van der Waals surface area contributed by atoms with Crippen molar-refractivity contribution in [3.05, 3.63) is 0 Å². The molecule has 0 bridgehead atoms. The summed E-state index contributed by atoms with van der Waals surface area (Å²) in [5.41, 5.74) is 5.79. The normalized spacial score (nSPS) is 13.2. The van der Waals surface area contributed by atoms with E-state index in [1.807, 2.05) is 11.8 Å². The minimum absolute atomic E-state index is 0.418. The lowest BCUT2D eigenvalue weighted by molar-refractivity contribution is 0.702. The largest absolute Gasteiger partial charge is 0.327 e. The van der Waals surface area contributed by atoms with E-state index in [9.17, 15) is 0 Å². The quantitative estimate of drug-likeness (QED) is 0.594. The average molecular weight is 189 g/mol. The number of hydrogen-bond donors (Lipinski definition) is 1. The summed E-state index contributed by atoms with van der Waals surface area (Å²) in [6, 6.07) is 0.418. The zero-order valence-corrected chi connectivity index (χ0v) is 9.33. The van der Waals surface area contributed by atoms with Gasteiger partial charge in [-0.05, 0) is 18.6 Å². The van der Waals surface area contributed by atoms with Gasteiger partial charge in [0.1, 0.15) is 0 Å². The van der Waals surface area contributed by atoms with Crippen molar-refractivity contribution in [2.75, 3.05) is 11.5 Å². The smallest absolute Gasteiger partial charge is 0.0127 e. The Morgan fingerprint density at radius 2 is 1.92 bits per heavy atom. The van der Waals surface area contributed by atoms with Crippen LogP contribution in [0.5, 0.6) is 0 Å². The monoisotopic (exact) mass is 189 g/mol. The molecule has 0 aromatic heterocycles. The molecule has 0 aliphatic rings. The molecule has 2 N–H and O–H groups in total. The molecule has 0 aromatic rings. The van der Waals surface area contributed by atoms with Gasteiger partial charge in [0.05, 0.1) is 0 Å². The molecule has 0 aromatic carbocycles. The van der Waals surface area contributed by atoms with E-state index in [0.717, 1.165) is 12.2 Å². The minimum Gasteiger partial charge on any atom is -0.327 e. The maximum absolute atomic E-state index is 5.79. The van der Waals surface area contributed by atoms with Crippen LogP contribution in [0.3, 0.4) is 0 Å². The van der Waals surface area contributed by atoms with Crippen molar-refractivity contribution >= 4 is 11.8 Å². The number of thioether (sulfide) groups is 1. The fourth-order valence-electron chi connectivity index (χ4n) is 0.983. The van der Waals surface area contributed by atoms with E-state index < -0.39 is 0 Å². The molecule has 1 nitrogen and oxygen atoms in total. The summed E-state index contributed by atoms with van der Waals surface area (Å²) in [5.74, 6) is 2.44. The number of rotatable bonds is 8. The Hall–Kier alpha value is 0.310. The number of unbranched alkanes of at least 4 members (excludes halogenated alkanes) is 3. The van der Waals surface area contributed by atoms with Gasteiger partial charge in [0.2, 0.25) is 0 Å². The van der Waals surface area contributed by atoms with Crippen LogP contribution < -0.4 is 5.73 Å². The van der Waals surface area contributed by atoms with Gasteiger partial charge >= 0.3 is 0 Å². The lowest BCUT2D eigenvalue weighted by Crippen LogP contribution is -2.21. The van der Waals surface area contributed by atoms with Gasteiger partial charge in [-0.2, -0.15) is 11.8 Å². The summed E-state index contributed by atoms with van der Waals surface area (Å²) in [6.07, 6.45) is 6.60. The van der Waals surface area contributed by atoms with Crippen LogP contribution in [-0.4, -0.2) is 17.5 Å². The maximum atomic E-state index is 5.79. The Morgan fingerprint density at radius 1 is 1.17 bits per heavy atom. The SMILES string of the molecule is CCCCCCSCC(N)CC. The highest BCUT2D eigenvalue weighted by Gasteiger charge is 1.97. The Balaban J connectivity index is 2.90. The van der Waals surface area contributed by atoms with Crippen molar-refractivity contribution in [3.8, 4) is 0 Å². The molecule has 74 valence electrons. The fraction of sp³-hybridized carbons (Fsp3) is 1.00. The maximum Gasteiger partial charge on any atom is 0.0127 e. The van der Waals surface area contributed by atoms with Crippen molar-refractivity contribution in [2.45, 2.75) is 52.0 Å². The molecule has 0 aliphatic heterocycles. The first-order valence-electron chi connectivity index (χ1n) is 5.14. The highest BCUT2D eigenvalue weighted by atomic mass is 32.2. The third-order valence-electron chi connectivity index (χ3n) is 2.00. The molecule has 1 unspecified atom stereocenters. The molecule has 0 amide bonds. The van der Waals surface area contributed by atoms with E-state index in [0.29, 0.717) is 6.04 Å². The van der Waals surface area contributed by atoms with E-state index >= 15 is 0 Å². The second kappa shape index (κ2) is 9.40. The molecule has 0 rings (SSSR count). The van der Waals surface area contributed by atoms with Crippen molar-refractivity contribution in [2.24, 2.45) is 5.73 Å². The highest BCUT2D eigenvalue weighted by Crippen LogP contribution is 2.09. The molecule has 0 saturated heterocycles. The fourth-order valence-corrected chi connectivity index (χ4v) is 2.10. The summed E-state index contributed by atoms with van der Waals surface area (Å²) >= 11 is 2.01. The molecule has 0 saturated carbocycles. The van der Waals surface area contributed by atoms with Gasteiger partial charge in [-0.15, -0.1) is 0 Å². The van der Waals surface area contributed by atoms with Crippen LogP contribution in [0.15, 0.2) is 0 Å². The van der Waals surface area contributed by atoms with Gasteiger partial charge in [0.15, 0.2) is 0 Å². The topological polar surface area (TPSA) is 26.0 Å². The van der Waals surface area contributed by atoms with Crippen LogP contribution in [-0.2, 0) is 0 Å². The summed E-state index contributed by atoms with van der Waals surface area (Å²) in [6.45, 7) is 4.41. The lowest BCUT2D eigenvalue weighted by atomic mass is 10.2. The molecule has 0 aliphatic carbocycles. The van der Waals surface area contributed by atoms with Gasteiger partial charge in [0, 0.05) is 11.8 Å². The van der Waals surface area contributed by atoms with Crippen LogP contribution in [0.2, 0.25) is 0 Å². The van der Waals surface area contributed by atoms with Crippen molar-refractivity contribution in [3.63, 3.8) is 0 Å². The zero-order chi connectivity index (χ0) is 9.23. The third kappa shape index (κ3) is 8.41. The molecule has 0 fully saturated rings. The van der Waals surface area contributed by atoms with Gasteiger partial charge in [0.25, 0.3) is 0 Å². The molecular weight excluding hydrogens is 166 g/mol. The summed E-state index contributed by atoms with van der Waals surface area (Å²) < 4.78 is 0. The molecule has 0 spiro atoms. The standard InChI is InChI=1S/C10H23NS/c1-3-5-6-7-8-12-9-10(11)4-2/h10H,3-9,11H2,1-2H3. The van der Waals surface area contributed by atoms with Crippen LogP contribution >= 0.6 is 11.8 Å². The van der Waals surface area contributed by atoms with Gasteiger partial charge in [-0.1, -0.05) is 33.1 Å². The number of nitrogens with two attached hydrogens (primary N) is 1. The lowest BCUT2D eigenvalue weighted by Gasteiger charge is -2.07. The van der Waals surface area contributed by atoms with Crippen molar-refractivity contribution in [1.29, 1.82) is 0 Å². The minimum atomic E-state index is 0.418. The predicted molar refractivity (Wildman–Crippen MR) is 59.7 cm³/mol. The molecule has 2 heteroatoms. The first-order valence-corrected chi connectivity index (χ1v) is 6.30. The second-order valence-corrected chi connectivity index (χ2v) is 4.45. The Kier molecular flexibility index (Phi) is 9.64. The molecule has 0 heterocycles. The van der Waals surface area contributed by atoms with E-state index in [2.05, 4.69) is 13.8 Å². The first-order chi connectivity index (χ1) is 5.81. The summed E-state index contributed by atoms with van der Waals surface area (Å²) in [5, 5.41) is 0. The van der Waals surface area contributed by atoms with Crippen LogP contribution in [0.4, 0.5) is 0 Å². The highest BCUT2D eigenvalue weighted by molar-refractivity contribution is 7.99. The van der Waals surface area contributed by atoms with Crippen molar-refractivity contribution < 1.29 is 0 Å². The van der Waals surface area contributed by atoms with Crippen LogP contribution in [0.25, 0.3) is 0 Å². The van der Waals surface area contributed by atoms with E-state index in [-0.39, 0.29) is 0 Å². The second-order valence-electron chi connectivity index (χ2n) is 3.30. The van der Waals surface area contributed by atoms with Gasteiger partial charge in [-0.25, -0.2) is 0 Å². The van der Waals surface area contributed by atoms with Gasteiger partial charge in [-0.3, -0.25) is 0 Å².